The minimum Gasteiger partial charge on any atom is -0.477 e. The third-order valence-corrected chi connectivity index (χ3v) is 1.93. The number of carbonyl (C=O) groups is 1. The van der Waals surface area contributed by atoms with Crippen molar-refractivity contribution in [2.75, 3.05) is 5.88 Å². The summed E-state index contributed by atoms with van der Waals surface area (Å²) in [6.45, 7) is 1.75. The van der Waals surface area contributed by atoms with E-state index in [0.717, 1.165) is 5.57 Å². The maximum Gasteiger partial charge on any atom is 0.354 e. The summed E-state index contributed by atoms with van der Waals surface area (Å²) in [7, 11) is 0. The average Bonchev–Trinajstić information content (AvgIpc) is 1.88. The van der Waals surface area contributed by atoms with Gasteiger partial charge in [-0.1, -0.05) is 0 Å². The van der Waals surface area contributed by atoms with E-state index in [-0.39, 0.29) is 5.71 Å². The molecular weight excluding hydrogens is 150 g/mol. The zero-order chi connectivity index (χ0) is 7.56. The second kappa shape index (κ2) is 2.88. The Morgan fingerprint density at radius 2 is 2.60 bits per heavy atom. The van der Waals surface area contributed by atoms with Gasteiger partial charge in [-0.25, -0.2) is 4.79 Å². The first-order valence-electron chi connectivity index (χ1n) is 2.78. The summed E-state index contributed by atoms with van der Waals surface area (Å²) in [6, 6.07) is 0. The molecule has 1 N–H and O–H groups in total. The molecule has 1 aliphatic heterocycles. The van der Waals surface area contributed by atoms with Gasteiger partial charge in [-0.3, -0.25) is 4.99 Å². The molecule has 0 fully saturated rings. The molecule has 1 heterocycles. The van der Waals surface area contributed by atoms with Crippen LogP contribution in [0.4, 0.5) is 0 Å². The molecule has 0 aromatic carbocycles. The van der Waals surface area contributed by atoms with Gasteiger partial charge in [-0.05, 0) is 17.9 Å². The van der Waals surface area contributed by atoms with E-state index in [1.165, 1.54) is 11.8 Å². The Labute approximate surface area is 62.8 Å². The number of carboxylic acid groups (broad SMARTS) is 1. The first kappa shape index (κ1) is 7.34. The van der Waals surface area contributed by atoms with Crippen LogP contribution in [0.5, 0.6) is 0 Å². The van der Waals surface area contributed by atoms with Gasteiger partial charge in [0.05, 0.1) is 5.88 Å². The largest absolute Gasteiger partial charge is 0.477 e. The molecule has 0 atom stereocenters. The Morgan fingerprint density at radius 1 is 1.90 bits per heavy atom. The highest BCUT2D eigenvalue weighted by Crippen LogP contribution is 2.14. The van der Waals surface area contributed by atoms with Crippen molar-refractivity contribution in [2.45, 2.75) is 6.92 Å². The summed E-state index contributed by atoms with van der Waals surface area (Å²) in [4.78, 5) is 14.2. The molecule has 0 amide bonds. The molecule has 0 saturated heterocycles. The lowest BCUT2D eigenvalue weighted by molar-refractivity contribution is -0.129. The van der Waals surface area contributed by atoms with Crippen LogP contribution in [-0.2, 0) is 4.79 Å². The summed E-state index contributed by atoms with van der Waals surface area (Å²) in [5, 5.41) is 10.3. The third-order valence-electron chi connectivity index (χ3n) is 1.13. The highest BCUT2D eigenvalue weighted by Gasteiger charge is 2.13. The predicted octanol–water partition coefficient (Wildman–Crippen LogP) is 1.12. The second-order valence-corrected chi connectivity index (χ2v) is 2.74. The summed E-state index contributed by atoms with van der Waals surface area (Å²) in [5.41, 5.74) is 0.933. The van der Waals surface area contributed by atoms with E-state index in [1.807, 2.05) is 5.41 Å². The fraction of sp³-hybridized carbons (Fsp3) is 0.333. The quantitative estimate of drug-likeness (QED) is 0.620. The third kappa shape index (κ3) is 1.39. The van der Waals surface area contributed by atoms with E-state index in [0.29, 0.717) is 5.88 Å². The van der Waals surface area contributed by atoms with Gasteiger partial charge in [0.2, 0.25) is 0 Å². The number of aliphatic carboxylic acids is 1. The number of carboxylic acids is 1. The van der Waals surface area contributed by atoms with Crippen LogP contribution in [0.15, 0.2) is 16.0 Å². The zero-order valence-electron chi connectivity index (χ0n) is 5.50. The van der Waals surface area contributed by atoms with Gasteiger partial charge in [0, 0.05) is 0 Å². The maximum absolute atomic E-state index is 10.4. The topological polar surface area (TPSA) is 49.7 Å². The van der Waals surface area contributed by atoms with Crippen molar-refractivity contribution in [3.63, 3.8) is 0 Å². The minimum atomic E-state index is -0.936. The van der Waals surface area contributed by atoms with Gasteiger partial charge in [0.1, 0.15) is 5.71 Å². The first-order chi connectivity index (χ1) is 4.72. The number of thioether (sulfide) groups is 1. The Hall–Kier alpha value is -0.770. The molecule has 0 aliphatic carbocycles. The zero-order valence-corrected chi connectivity index (χ0v) is 6.31. The molecule has 0 bridgehead atoms. The minimum absolute atomic E-state index is 0.193. The Morgan fingerprint density at radius 3 is 3.00 bits per heavy atom. The molecule has 0 radical (unpaired) electrons. The molecule has 54 valence electrons. The highest BCUT2D eigenvalue weighted by molar-refractivity contribution is 8.02. The Kier molecular flexibility index (Phi) is 2.11. The normalized spacial score (nSPS) is 17.7. The van der Waals surface area contributed by atoms with Crippen LogP contribution in [0.1, 0.15) is 6.92 Å². The average molecular weight is 157 g/mol. The van der Waals surface area contributed by atoms with E-state index in [9.17, 15) is 4.79 Å². The fourth-order valence-electron chi connectivity index (χ4n) is 0.681. The molecule has 3 nitrogen and oxygen atoms in total. The molecule has 1 aliphatic rings. The van der Waals surface area contributed by atoms with E-state index in [2.05, 4.69) is 4.99 Å². The van der Waals surface area contributed by atoms with Gasteiger partial charge in [0.15, 0.2) is 0 Å². The number of aliphatic imine (C=N–C) groups is 1. The number of rotatable bonds is 1. The molecule has 10 heavy (non-hydrogen) atoms. The van der Waals surface area contributed by atoms with Gasteiger partial charge >= 0.3 is 5.97 Å². The molecule has 0 saturated carbocycles. The summed E-state index contributed by atoms with van der Waals surface area (Å²) in [5.74, 6) is -0.409. The standard InChI is InChI=1S/C6H7NO2S/c1-4-2-10-3-7-5(4)6(8)9/h2H,3H2,1H3,(H,8,9). The lowest BCUT2D eigenvalue weighted by atomic mass is 10.2. The molecule has 0 aromatic heterocycles. The first-order valence-corrected chi connectivity index (χ1v) is 3.83. The Bertz CT molecular complexity index is 220. The van der Waals surface area contributed by atoms with Crippen LogP contribution in [0, 0.1) is 0 Å². The molecule has 0 unspecified atom stereocenters. The van der Waals surface area contributed by atoms with E-state index in [1.54, 1.807) is 6.92 Å². The van der Waals surface area contributed by atoms with E-state index >= 15 is 0 Å². The lowest BCUT2D eigenvalue weighted by Crippen LogP contribution is -2.16. The van der Waals surface area contributed by atoms with Crippen molar-refractivity contribution in [2.24, 2.45) is 4.99 Å². The van der Waals surface area contributed by atoms with Crippen LogP contribution >= 0.6 is 11.8 Å². The van der Waals surface area contributed by atoms with Crippen LogP contribution in [0.25, 0.3) is 0 Å². The molecule has 4 heteroatoms. The second-order valence-electron chi connectivity index (χ2n) is 1.91. The smallest absolute Gasteiger partial charge is 0.354 e. The van der Waals surface area contributed by atoms with Crippen LogP contribution in [0.2, 0.25) is 0 Å². The van der Waals surface area contributed by atoms with Gasteiger partial charge in [0.25, 0.3) is 0 Å². The SMILES string of the molecule is CC1=CSCN=C1C(=O)O. The van der Waals surface area contributed by atoms with Crippen LogP contribution in [-0.4, -0.2) is 22.7 Å². The Balaban J connectivity index is 2.84. The van der Waals surface area contributed by atoms with Crippen molar-refractivity contribution >= 4 is 23.4 Å². The van der Waals surface area contributed by atoms with Crippen LogP contribution in [0.3, 0.4) is 0 Å². The lowest BCUT2D eigenvalue weighted by Gasteiger charge is -2.05. The number of nitrogens with zero attached hydrogens (tertiary/aromatic N) is 1. The van der Waals surface area contributed by atoms with Crippen molar-refractivity contribution in [1.82, 2.24) is 0 Å². The summed E-state index contributed by atoms with van der Waals surface area (Å²) in [6.07, 6.45) is 0. The molecule has 0 spiro atoms. The van der Waals surface area contributed by atoms with E-state index in [4.69, 9.17) is 5.11 Å². The number of hydrogen-bond acceptors (Lipinski definition) is 3. The molecule has 1 rings (SSSR count). The molecular formula is C6H7NO2S. The van der Waals surface area contributed by atoms with Gasteiger partial charge in [-0.15, -0.1) is 11.8 Å². The summed E-state index contributed by atoms with van der Waals surface area (Å²) >= 11 is 1.51. The van der Waals surface area contributed by atoms with Crippen molar-refractivity contribution in [3.05, 3.63) is 11.0 Å². The monoisotopic (exact) mass is 157 g/mol. The van der Waals surface area contributed by atoms with Gasteiger partial charge in [-0.2, -0.15) is 0 Å². The van der Waals surface area contributed by atoms with Crippen LogP contribution < -0.4 is 0 Å². The molecule has 0 aromatic rings. The van der Waals surface area contributed by atoms with Gasteiger partial charge < -0.3 is 5.11 Å². The van der Waals surface area contributed by atoms with Crippen molar-refractivity contribution in [3.8, 4) is 0 Å². The van der Waals surface area contributed by atoms with E-state index < -0.39 is 5.97 Å². The summed E-state index contributed by atoms with van der Waals surface area (Å²) < 4.78 is 0. The fourth-order valence-corrected chi connectivity index (χ4v) is 1.32. The number of hydrogen-bond donors (Lipinski definition) is 1. The van der Waals surface area contributed by atoms with Crippen molar-refractivity contribution in [1.29, 1.82) is 0 Å². The maximum atomic E-state index is 10.4. The van der Waals surface area contributed by atoms with Crippen molar-refractivity contribution < 1.29 is 9.90 Å². The predicted molar refractivity (Wildman–Crippen MR) is 41.3 cm³/mol. The highest BCUT2D eigenvalue weighted by atomic mass is 32.2.